The Morgan fingerprint density at radius 1 is 0.521 bits per heavy atom. The first-order valence-corrected chi connectivity index (χ1v) is 17.5. The van der Waals surface area contributed by atoms with Crippen molar-refractivity contribution in [3.63, 3.8) is 0 Å². The standard InChI is InChI=1S/C40H27F3N4Si/c41-40(42,43)37-36(28-15-14-26-44-27-28)38(46-39(45-37)47-34-24-12-10-22-32(34)33-23-11-13-25-35(33)47)48(29-16-4-1-5-17-29,30-18-6-2-7-19-30)31-20-8-3-9-21-31/h1-27H. The molecule has 3 aromatic heterocycles. The zero-order valence-electron chi connectivity index (χ0n) is 25.5. The number of fused-ring (bicyclic) bond motifs is 3. The molecule has 8 rings (SSSR count). The minimum Gasteiger partial charge on any atom is -0.278 e. The third-order valence-electron chi connectivity index (χ3n) is 8.87. The van der Waals surface area contributed by atoms with Crippen molar-refractivity contribution in [3.8, 4) is 17.1 Å². The van der Waals surface area contributed by atoms with Gasteiger partial charge in [-0.2, -0.15) is 13.2 Å². The van der Waals surface area contributed by atoms with Gasteiger partial charge in [0.15, 0.2) is 5.69 Å². The quantitative estimate of drug-likeness (QED) is 0.144. The lowest BCUT2D eigenvalue weighted by atomic mass is 10.1. The molecule has 0 aliphatic carbocycles. The summed E-state index contributed by atoms with van der Waals surface area (Å²) in [6.45, 7) is 0. The molecule has 0 fully saturated rings. The zero-order valence-corrected chi connectivity index (χ0v) is 26.5. The van der Waals surface area contributed by atoms with Crippen LogP contribution in [0.3, 0.4) is 0 Å². The molecule has 4 nitrogen and oxygen atoms in total. The molecule has 0 atom stereocenters. The van der Waals surface area contributed by atoms with Crippen molar-refractivity contribution in [1.82, 2.24) is 19.5 Å². The monoisotopic (exact) mass is 648 g/mol. The van der Waals surface area contributed by atoms with Gasteiger partial charge < -0.3 is 0 Å². The number of hydrogen-bond acceptors (Lipinski definition) is 3. The van der Waals surface area contributed by atoms with Crippen LogP contribution >= 0.6 is 0 Å². The molecule has 0 amide bonds. The highest BCUT2D eigenvalue weighted by Gasteiger charge is 2.48. The fourth-order valence-corrected chi connectivity index (χ4v) is 11.7. The highest BCUT2D eigenvalue weighted by atomic mass is 28.3. The van der Waals surface area contributed by atoms with Crippen LogP contribution in [0.2, 0.25) is 0 Å². The lowest BCUT2D eigenvalue weighted by Gasteiger charge is -2.35. The maximum absolute atomic E-state index is 15.7. The van der Waals surface area contributed by atoms with Gasteiger partial charge in [0, 0.05) is 34.3 Å². The molecule has 0 bridgehead atoms. The summed E-state index contributed by atoms with van der Waals surface area (Å²) < 4.78 is 48.7. The van der Waals surface area contributed by atoms with Crippen molar-refractivity contribution in [2.24, 2.45) is 0 Å². The summed E-state index contributed by atoms with van der Waals surface area (Å²) in [6.07, 6.45) is -1.79. The van der Waals surface area contributed by atoms with Gasteiger partial charge in [-0.05, 0) is 33.8 Å². The summed E-state index contributed by atoms with van der Waals surface area (Å²) in [5, 5.41) is 4.83. The van der Waals surface area contributed by atoms with Crippen molar-refractivity contribution in [3.05, 3.63) is 170 Å². The van der Waals surface area contributed by atoms with Crippen LogP contribution in [0.5, 0.6) is 0 Å². The fraction of sp³-hybridized carbons (Fsp3) is 0.0250. The van der Waals surface area contributed by atoms with Gasteiger partial charge in [-0.15, -0.1) is 0 Å². The van der Waals surface area contributed by atoms with Crippen molar-refractivity contribution < 1.29 is 13.2 Å². The number of benzene rings is 5. The second kappa shape index (κ2) is 11.7. The number of nitrogens with zero attached hydrogens (tertiary/aromatic N) is 4. The summed E-state index contributed by atoms with van der Waals surface area (Å²) in [5.41, 5.74) is 0.672. The number of para-hydroxylation sites is 2. The van der Waals surface area contributed by atoms with E-state index in [-0.39, 0.29) is 11.5 Å². The molecular weight excluding hydrogens is 622 g/mol. The first kappa shape index (κ1) is 29.5. The molecule has 232 valence electrons. The molecule has 48 heavy (non-hydrogen) atoms. The third-order valence-corrected chi connectivity index (χ3v) is 13.5. The van der Waals surface area contributed by atoms with Gasteiger partial charge in [0.1, 0.15) is 0 Å². The van der Waals surface area contributed by atoms with E-state index in [1.807, 2.05) is 140 Å². The van der Waals surface area contributed by atoms with E-state index >= 15 is 13.2 Å². The van der Waals surface area contributed by atoms with Gasteiger partial charge in [-0.3, -0.25) is 9.55 Å². The van der Waals surface area contributed by atoms with Crippen molar-refractivity contribution in [1.29, 1.82) is 0 Å². The molecule has 0 radical (unpaired) electrons. The third kappa shape index (κ3) is 4.72. The topological polar surface area (TPSA) is 43.6 Å². The van der Waals surface area contributed by atoms with Crippen LogP contribution in [0, 0.1) is 0 Å². The number of hydrogen-bond donors (Lipinski definition) is 0. The lowest BCUT2D eigenvalue weighted by molar-refractivity contribution is -0.140. The smallest absolute Gasteiger partial charge is 0.278 e. The maximum atomic E-state index is 15.7. The van der Waals surface area contributed by atoms with E-state index in [2.05, 4.69) is 9.97 Å². The predicted molar refractivity (Wildman–Crippen MR) is 188 cm³/mol. The lowest BCUT2D eigenvalue weighted by Crippen LogP contribution is -2.76. The highest BCUT2D eigenvalue weighted by molar-refractivity contribution is 7.20. The Kier molecular flexibility index (Phi) is 7.22. The molecule has 0 spiro atoms. The second-order valence-corrected chi connectivity index (χ2v) is 15.3. The zero-order chi connectivity index (χ0) is 32.7. The number of pyridine rings is 1. The normalized spacial score (nSPS) is 12.1. The molecular formula is C40H27F3N4Si. The molecule has 0 saturated carbocycles. The van der Waals surface area contributed by atoms with Gasteiger partial charge in [0.25, 0.3) is 0 Å². The van der Waals surface area contributed by atoms with Gasteiger partial charge in [-0.1, -0.05) is 133 Å². The van der Waals surface area contributed by atoms with Crippen LogP contribution in [0.25, 0.3) is 38.9 Å². The van der Waals surface area contributed by atoms with Crippen LogP contribution in [0.1, 0.15) is 5.69 Å². The molecule has 0 saturated heterocycles. The van der Waals surface area contributed by atoms with Gasteiger partial charge in [-0.25, -0.2) is 9.97 Å². The fourth-order valence-electron chi connectivity index (χ4n) is 6.92. The molecule has 8 aromatic rings. The minimum absolute atomic E-state index is 0.0398. The Hall–Kier alpha value is -5.86. The molecule has 5 aromatic carbocycles. The Labute approximate surface area is 275 Å². The van der Waals surface area contributed by atoms with Gasteiger partial charge in [0.2, 0.25) is 14.0 Å². The van der Waals surface area contributed by atoms with E-state index in [4.69, 9.17) is 4.98 Å². The van der Waals surface area contributed by atoms with E-state index in [0.717, 1.165) is 37.4 Å². The molecule has 8 heteroatoms. The number of rotatable bonds is 6. The van der Waals surface area contributed by atoms with E-state index in [1.54, 1.807) is 22.9 Å². The Bertz CT molecular complexity index is 2230. The molecule has 0 unspecified atom stereocenters. The number of alkyl halides is 3. The van der Waals surface area contributed by atoms with Crippen molar-refractivity contribution >= 4 is 50.8 Å². The predicted octanol–water partition coefficient (Wildman–Crippen LogP) is 7.03. The van der Waals surface area contributed by atoms with E-state index < -0.39 is 19.9 Å². The van der Waals surface area contributed by atoms with Crippen LogP contribution < -0.4 is 20.9 Å². The first-order chi connectivity index (χ1) is 23.5. The summed E-state index contributed by atoms with van der Waals surface area (Å²) in [6, 6.07) is 48.1. The average molecular weight is 649 g/mol. The summed E-state index contributed by atoms with van der Waals surface area (Å²) in [4.78, 5) is 14.1. The van der Waals surface area contributed by atoms with Crippen LogP contribution in [0.4, 0.5) is 13.2 Å². The van der Waals surface area contributed by atoms with Crippen LogP contribution in [-0.2, 0) is 6.18 Å². The largest absolute Gasteiger partial charge is 0.434 e. The van der Waals surface area contributed by atoms with Crippen LogP contribution in [-0.4, -0.2) is 27.6 Å². The maximum Gasteiger partial charge on any atom is 0.434 e. The van der Waals surface area contributed by atoms with E-state index in [1.165, 1.54) is 6.20 Å². The van der Waals surface area contributed by atoms with E-state index in [9.17, 15) is 0 Å². The molecule has 0 N–H and O–H groups in total. The Morgan fingerprint density at radius 3 is 1.46 bits per heavy atom. The van der Waals surface area contributed by atoms with Gasteiger partial charge in [0.05, 0.1) is 16.4 Å². The minimum atomic E-state index is -4.82. The SMILES string of the molecule is FC(F)(F)c1nc(-n2c3ccccc3c3ccccc32)nc([Si](c2ccccc2)(c2ccccc2)c2ccccc2)c1-c1cccnc1. The molecule has 0 aliphatic heterocycles. The number of halogens is 3. The van der Waals surface area contributed by atoms with Crippen molar-refractivity contribution in [2.75, 3.05) is 0 Å². The average Bonchev–Trinajstić information content (AvgIpc) is 3.47. The summed E-state index contributed by atoms with van der Waals surface area (Å²) in [5.74, 6) is -0.0398. The van der Waals surface area contributed by atoms with Crippen LogP contribution in [0.15, 0.2) is 164 Å². The Balaban J connectivity index is 1.63. The van der Waals surface area contributed by atoms with Gasteiger partial charge >= 0.3 is 6.18 Å². The first-order valence-electron chi connectivity index (χ1n) is 15.5. The van der Waals surface area contributed by atoms with E-state index in [0.29, 0.717) is 10.9 Å². The second-order valence-electron chi connectivity index (χ2n) is 11.6. The summed E-state index contributed by atoms with van der Waals surface area (Å²) >= 11 is 0. The molecule has 3 heterocycles. The number of aromatic nitrogens is 4. The highest BCUT2D eigenvalue weighted by Crippen LogP contribution is 2.37. The summed E-state index contributed by atoms with van der Waals surface area (Å²) in [7, 11) is -3.61. The molecule has 0 aliphatic rings. The van der Waals surface area contributed by atoms with Crippen molar-refractivity contribution in [2.45, 2.75) is 6.18 Å². The Morgan fingerprint density at radius 2 is 1.00 bits per heavy atom.